The fourth-order valence-corrected chi connectivity index (χ4v) is 5.49. The van der Waals surface area contributed by atoms with Crippen molar-refractivity contribution < 1.29 is 12.9 Å². The minimum absolute atomic E-state index is 0.116. The van der Waals surface area contributed by atoms with E-state index in [2.05, 4.69) is 15.4 Å². The quantitative estimate of drug-likeness (QED) is 0.732. The molecule has 0 spiro atoms. The SMILES string of the molecule is Cc1cc(-c2cn[nH]c2[C@H]2CCCN2S(=O)(=O)c2ccccc2Cl)on1. The molecular formula is C17H17ClN4O3S. The molecule has 0 unspecified atom stereocenters. The van der Waals surface area contributed by atoms with E-state index in [4.69, 9.17) is 16.1 Å². The first-order valence-electron chi connectivity index (χ1n) is 8.22. The molecule has 1 aliphatic rings. The van der Waals surface area contributed by atoms with Gasteiger partial charge in [-0.3, -0.25) is 5.10 Å². The van der Waals surface area contributed by atoms with Gasteiger partial charge in [0.2, 0.25) is 10.0 Å². The fraction of sp³-hybridized carbons (Fsp3) is 0.294. The second-order valence-corrected chi connectivity index (χ2v) is 8.50. The highest BCUT2D eigenvalue weighted by atomic mass is 35.5. The summed E-state index contributed by atoms with van der Waals surface area (Å²) in [5.74, 6) is 0.563. The normalized spacial score (nSPS) is 18.5. The maximum absolute atomic E-state index is 13.2. The summed E-state index contributed by atoms with van der Waals surface area (Å²) in [7, 11) is -3.73. The molecule has 136 valence electrons. The van der Waals surface area contributed by atoms with Crippen molar-refractivity contribution in [3.63, 3.8) is 0 Å². The standard InChI is InChI=1S/C17H17ClN4O3S/c1-11-9-15(25-21-11)12-10-19-20-17(12)14-6-4-8-22(14)26(23,24)16-7-3-2-5-13(16)18/h2-3,5,7,9-10,14H,4,6,8H2,1H3,(H,19,20)/t14-/m1/s1. The van der Waals surface area contributed by atoms with E-state index < -0.39 is 10.0 Å². The molecule has 0 radical (unpaired) electrons. The van der Waals surface area contributed by atoms with E-state index in [1.165, 1.54) is 10.4 Å². The number of benzene rings is 1. The predicted octanol–water partition coefficient (Wildman–Crippen LogP) is 3.55. The van der Waals surface area contributed by atoms with E-state index in [1.54, 1.807) is 30.5 Å². The summed E-state index contributed by atoms with van der Waals surface area (Å²) in [6.07, 6.45) is 3.07. The van der Waals surface area contributed by atoms with Crippen molar-refractivity contribution in [2.75, 3.05) is 6.54 Å². The first-order chi connectivity index (χ1) is 12.5. The molecule has 7 nitrogen and oxygen atoms in total. The van der Waals surface area contributed by atoms with Gasteiger partial charge in [-0.25, -0.2) is 8.42 Å². The number of H-pyrrole nitrogens is 1. The smallest absolute Gasteiger partial charge is 0.245 e. The lowest BCUT2D eigenvalue weighted by Gasteiger charge is -2.24. The van der Waals surface area contributed by atoms with Crippen molar-refractivity contribution >= 4 is 21.6 Å². The number of hydrogen-bond donors (Lipinski definition) is 1. The summed E-state index contributed by atoms with van der Waals surface area (Å²) in [5.41, 5.74) is 2.17. The van der Waals surface area contributed by atoms with E-state index in [1.807, 2.05) is 6.92 Å². The monoisotopic (exact) mass is 392 g/mol. The average molecular weight is 393 g/mol. The van der Waals surface area contributed by atoms with E-state index >= 15 is 0 Å². The highest BCUT2D eigenvalue weighted by Crippen LogP contribution is 2.40. The maximum atomic E-state index is 13.2. The van der Waals surface area contributed by atoms with E-state index in [0.717, 1.165) is 17.7 Å². The van der Waals surface area contributed by atoms with Gasteiger partial charge in [0.1, 0.15) is 4.90 Å². The van der Waals surface area contributed by atoms with Crippen LogP contribution in [0.1, 0.15) is 30.3 Å². The Morgan fingerprint density at radius 2 is 2.15 bits per heavy atom. The van der Waals surface area contributed by atoms with Crippen molar-refractivity contribution in [2.45, 2.75) is 30.7 Å². The molecule has 9 heteroatoms. The Kier molecular flexibility index (Phi) is 4.34. The van der Waals surface area contributed by atoms with Gasteiger partial charge in [0.25, 0.3) is 0 Å². The van der Waals surface area contributed by atoms with Gasteiger partial charge < -0.3 is 4.52 Å². The third-order valence-electron chi connectivity index (χ3n) is 4.52. The number of aryl methyl sites for hydroxylation is 1. The summed E-state index contributed by atoms with van der Waals surface area (Å²) < 4.78 is 33.2. The molecule has 0 bridgehead atoms. The van der Waals surface area contributed by atoms with Gasteiger partial charge in [0, 0.05) is 12.6 Å². The molecule has 1 atom stereocenters. The van der Waals surface area contributed by atoms with Crippen LogP contribution in [0.2, 0.25) is 5.02 Å². The Morgan fingerprint density at radius 3 is 2.88 bits per heavy atom. The van der Waals surface area contributed by atoms with Crippen LogP contribution in [0, 0.1) is 6.92 Å². The maximum Gasteiger partial charge on any atom is 0.245 e. The Labute approximate surface area is 156 Å². The number of rotatable bonds is 4. The highest BCUT2D eigenvalue weighted by molar-refractivity contribution is 7.89. The Morgan fingerprint density at radius 1 is 1.35 bits per heavy atom. The molecule has 0 amide bonds. The number of aromatic amines is 1. The zero-order valence-corrected chi connectivity index (χ0v) is 15.6. The molecule has 1 aliphatic heterocycles. The predicted molar refractivity (Wildman–Crippen MR) is 96.1 cm³/mol. The van der Waals surface area contributed by atoms with Gasteiger partial charge in [-0.1, -0.05) is 28.9 Å². The van der Waals surface area contributed by atoms with Gasteiger partial charge in [-0.05, 0) is 31.9 Å². The lowest BCUT2D eigenvalue weighted by molar-refractivity contribution is 0.388. The largest absolute Gasteiger partial charge is 0.356 e. The topological polar surface area (TPSA) is 92.1 Å². The first-order valence-corrected chi connectivity index (χ1v) is 10.0. The molecule has 1 aromatic carbocycles. The summed E-state index contributed by atoms with van der Waals surface area (Å²) in [6, 6.07) is 7.93. The van der Waals surface area contributed by atoms with Crippen LogP contribution in [0.4, 0.5) is 0 Å². The number of nitrogens with one attached hydrogen (secondary N) is 1. The summed E-state index contributed by atoms with van der Waals surface area (Å²) in [4.78, 5) is 0.116. The van der Waals surface area contributed by atoms with Gasteiger partial charge in [-0.2, -0.15) is 9.40 Å². The van der Waals surface area contributed by atoms with E-state index in [-0.39, 0.29) is 16.0 Å². The van der Waals surface area contributed by atoms with Crippen LogP contribution in [0.5, 0.6) is 0 Å². The van der Waals surface area contributed by atoms with Crippen LogP contribution in [0.3, 0.4) is 0 Å². The van der Waals surface area contributed by atoms with Crippen LogP contribution in [0.15, 0.2) is 45.9 Å². The highest BCUT2D eigenvalue weighted by Gasteiger charge is 2.39. The van der Waals surface area contributed by atoms with Crippen LogP contribution >= 0.6 is 11.6 Å². The van der Waals surface area contributed by atoms with Crippen LogP contribution in [0.25, 0.3) is 11.3 Å². The minimum atomic E-state index is -3.73. The van der Waals surface area contributed by atoms with E-state index in [9.17, 15) is 8.42 Å². The Bertz CT molecular complexity index is 1040. The van der Waals surface area contributed by atoms with Crippen LogP contribution in [-0.2, 0) is 10.0 Å². The number of hydrogen-bond acceptors (Lipinski definition) is 5. The summed E-state index contributed by atoms with van der Waals surface area (Å²) in [5, 5.41) is 11.2. The zero-order chi connectivity index (χ0) is 18.3. The molecule has 0 saturated carbocycles. The van der Waals surface area contributed by atoms with Crippen molar-refractivity contribution in [1.29, 1.82) is 0 Å². The van der Waals surface area contributed by atoms with Crippen LogP contribution in [-0.4, -0.2) is 34.6 Å². The molecule has 1 N–H and O–H groups in total. The van der Waals surface area contributed by atoms with Gasteiger partial charge in [0.15, 0.2) is 5.76 Å². The molecule has 0 aliphatic carbocycles. The average Bonchev–Trinajstić information content (AvgIpc) is 3.34. The number of sulfonamides is 1. The molecule has 26 heavy (non-hydrogen) atoms. The molecular weight excluding hydrogens is 376 g/mol. The first kappa shape index (κ1) is 17.3. The van der Waals surface area contributed by atoms with Gasteiger partial charge in [0.05, 0.1) is 34.2 Å². The van der Waals surface area contributed by atoms with Crippen molar-refractivity contribution in [3.8, 4) is 11.3 Å². The summed E-state index contributed by atoms with van der Waals surface area (Å²) >= 11 is 6.14. The van der Waals surface area contributed by atoms with Crippen molar-refractivity contribution in [2.24, 2.45) is 0 Å². The summed E-state index contributed by atoms with van der Waals surface area (Å²) in [6.45, 7) is 2.25. The molecule has 1 saturated heterocycles. The second-order valence-electron chi connectivity index (χ2n) is 6.23. The number of aromatic nitrogens is 3. The Balaban J connectivity index is 1.75. The minimum Gasteiger partial charge on any atom is -0.356 e. The van der Waals surface area contributed by atoms with Gasteiger partial charge in [-0.15, -0.1) is 0 Å². The molecule has 3 heterocycles. The Hall–Kier alpha value is -2.16. The number of nitrogens with zero attached hydrogens (tertiary/aromatic N) is 3. The lowest BCUT2D eigenvalue weighted by atomic mass is 10.1. The molecule has 3 aromatic rings. The second kappa shape index (κ2) is 6.53. The van der Waals surface area contributed by atoms with Gasteiger partial charge >= 0.3 is 0 Å². The zero-order valence-electron chi connectivity index (χ0n) is 14.0. The van der Waals surface area contributed by atoms with Crippen molar-refractivity contribution in [3.05, 3.63) is 52.9 Å². The van der Waals surface area contributed by atoms with E-state index in [0.29, 0.717) is 24.4 Å². The number of halogens is 1. The third-order valence-corrected chi connectivity index (χ3v) is 6.93. The molecule has 2 aromatic heterocycles. The molecule has 1 fully saturated rings. The van der Waals surface area contributed by atoms with Crippen molar-refractivity contribution in [1.82, 2.24) is 19.7 Å². The third kappa shape index (κ3) is 2.84. The molecule has 4 rings (SSSR count). The van der Waals surface area contributed by atoms with Crippen LogP contribution < -0.4 is 0 Å². The fourth-order valence-electron chi connectivity index (χ4n) is 3.33. The lowest BCUT2D eigenvalue weighted by Crippen LogP contribution is -2.31.